The SMILES string of the molecule is CS(=O)(=O)N1CCC(CNCc2ncc[nH]2)CC1. The lowest BCUT2D eigenvalue weighted by Crippen LogP contribution is -2.40. The van der Waals surface area contributed by atoms with E-state index in [9.17, 15) is 8.42 Å². The van der Waals surface area contributed by atoms with Crippen LogP contribution in [0.25, 0.3) is 0 Å². The first kappa shape index (κ1) is 13.5. The third-order valence-corrected chi connectivity index (χ3v) is 4.63. The van der Waals surface area contributed by atoms with Crippen molar-refractivity contribution in [1.82, 2.24) is 19.6 Å². The van der Waals surface area contributed by atoms with Gasteiger partial charge in [-0.15, -0.1) is 0 Å². The molecule has 6 nitrogen and oxygen atoms in total. The van der Waals surface area contributed by atoms with E-state index in [0.29, 0.717) is 19.0 Å². The molecule has 1 aliphatic rings. The van der Waals surface area contributed by atoms with E-state index in [-0.39, 0.29) is 0 Å². The lowest BCUT2D eigenvalue weighted by Gasteiger charge is -2.30. The van der Waals surface area contributed by atoms with Crippen molar-refractivity contribution in [2.45, 2.75) is 19.4 Å². The quantitative estimate of drug-likeness (QED) is 0.801. The molecule has 1 fully saturated rings. The first-order valence-corrected chi connectivity index (χ1v) is 8.04. The summed E-state index contributed by atoms with van der Waals surface area (Å²) in [6, 6.07) is 0. The molecule has 18 heavy (non-hydrogen) atoms. The Morgan fingerprint density at radius 2 is 2.22 bits per heavy atom. The molecular formula is C11H20N4O2S. The Morgan fingerprint density at radius 1 is 1.50 bits per heavy atom. The second-order valence-corrected chi connectivity index (χ2v) is 6.75. The van der Waals surface area contributed by atoms with Crippen molar-refractivity contribution in [3.05, 3.63) is 18.2 Å². The number of nitrogens with zero attached hydrogens (tertiary/aromatic N) is 2. The van der Waals surface area contributed by atoms with Crippen LogP contribution in [0, 0.1) is 5.92 Å². The molecule has 0 unspecified atom stereocenters. The minimum Gasteiger partial charge on any atom is -0.348 e. The zero-order valence-corrected chi connectivity index (χ0v) is 11.4. The fourth-order valence-electron chi connectivity index (χ4n) is 2.23. The Hall–Kier alpha value is -0.920. The van der Waals surface area contributed by atoms with Gasteiger partial charge in [0.2, 0.25) is 10.0 Å². The van der Waals surface area contributed by atoms with Crippen LogP contribution in [-0.4, -0.2) is 48.6 Å². The Balaban J connectivity index is 1.68. The van der Waals surface area contributed by atoms with Gasteiger partial charge in [0.05, 0.1) is 12.8 Å². The number of rotatable bonds is 5. The van der Waals surface area contributed by atoms with Crippen LogP contribution in [0.3, 0.4) is 0 Å². The summed E-state index contributed by atoms with van der Waals surface area (Å²) in [5.41, 5.74) is 0. The number of imidazole rings is 1. The molecule has 2 heterocycles. The molecule has 0 aliphatic carbocycles. The minimum atomic E-state index is -3.01. The molecule has 1 saturated heterocycles. The maximum Gasteiger partial charge on any atom is 0.211 e. The highest BCUT2D eigenvalue weighted by molar-refractivity contribution is 7.88. The number of hydrogen-bond acceptors (Lipinski definition) is 4. The molecule has 1 aromatic rings. The fourth-order valence-corrected chi connectivity index (χ4v) is 3.11. The number of aromatic amines is 1. The van der Waals surface area contributed by atoms with Gasteiger partial charge in [-0.05, 0) is 25.3 Å². The maximum atomic E-state index is 11.4. The van der Waals surface area contributed by atoms with Gasteiger partial charge in [0.25, 0.3) is 0 Å². The number of piperidine rings is 1. The highest BCUT2D eigenvalue weighted by atomic mass is 32.2. The van der Waals surface area contributed by atoms with E-state index in [4.69, 9.17) is 0 Å². The summed E-state index contributed by atoms with van der Waals surface area (Å²) in [4.78, 5) is 7.18. The van der Waals surface area contributed by atoms with Crippen molar-refractivity contribution < 1.29 is 8.42 Å². The normalized spacial score (nSPS) is 19.2. The van der Waals surface area contributed by atoms with Gasteiger partial charge in [-0.25, -0.2) is 17.7 Å². The first-order chi connectivity index (χ1) is 8.55. The van der Waals surface area contributed by atoms with Gasteiger partial charge >= 0.3 is 0 Å². The molecular weight excluding hydrogens is 252 g/mol. The summed E-state index contributed by atoms with van der Waals surface area (Å²) in [6.45, 7) is 2.94. The van der Waals surface area contributed by atoms with Gasteiger partial charge in [0.15, 0.2) is 0 Å². The number of nitrogens with one attached hydrogen (secondary N) is 2. The predicted molar refractivity (Wildman–Crippen MR) is 69.4 cm³/mol. The molecule has 0 spiro atoms. The molecule has 0 radical (unpaired) electrons. The highest BCUT2D eigenvalue weighted by Crippen LogP contribution is 2.18. The third kappa shape index (κ3) is 3.79. The third-order valence-electron chi connectivity index (χ3n) is 3.32. The van der Waals surface area contributed by atoms with Gasteiger partial charge < -0.3 is 10.3 Å². The number of H-pyrrole nitrogens is 1. The first-order valence-electron chi connectivity index (χ1n) is 6.20. The average molecular weight is 272 g/mol. The van der Waals surface area contributed by atoms with Gasteiger partial charge in [-0.3, -0.25) is 0 Å². The van der Waals surface area contributed by atoms with Crippen LogP contribution in [0.5, 0.6) is 0 Å². The molecule has 0 bridgehead atoms. The second-order valence-electron chi connectivity index (χ2n) is 4.77. The van der Waals surface area contributed by atoms with Crippen LogP contribution in [0.4, 0.5) is 0 Å². The molecule has 0 aromatic carbocycles. The largest absolute Gasteiger partial charge is 0.348 e. The smallest absolute Gasteiger partial charge is 0.211 e. The summed E-state index contributed by atoms with van der Waals surface area (Å²) >= 11 is 0. The van der Waals surface area contributed by atoms with Crippen LogP contribution in [0.2, 0.25) is 0 Å². The van der Waals surface area contributed by atoms with Crippen molar-refractivity contribution in [2.75, 3.05) is 25.9 Å². The van der Waals surface area contributed by atoms with E-state index < -0.39 is 10.0 Å². The zero-order valence-electron chi connectivity index (χ0n) is 10.6. The minimum absolute atomic E-state index is 0.554. The fraction of sp³-hybridized carbons (Fsp3) is 0.727. The lowest BCUT2D eigenvalue weighted by molar-refractivity contribution is 0.268. The van der Waals surface area contributed by atoms with Crippen LogP contribution in [0.1, 0.15) is 18.7 Å². The van der Waals surface area contributed by atoms with E-state index in [1.165, 1.54) is 6.26 Å². The van der Waals surface area contributed by atoms with E-state index in [1.54, 1.807) is 10.5 Å². The van der Waals surface area contributed by atoms with Gasteiger partial charge in [-0.1, -0.05) is 0 Å². The Bertz CT molecular complexity index is 449. The number of sulfonamides is 1. The number of aromatic nitrogens is 2. The molecule has 0 saturated carbocycles. The molecule has 102 valence electrons. The number of hydrogen-bond donors (Lipinski definition) is 2. The summed E-state index contributed by atoms with van der Waals surface area (Å²) in [5, 5.41) is 3.35. The maximum absolute atomic E-state index is 11.4. The standard InChI is InChI=1S/C11H20N4O2S/c1-18(16,17)15-6-2-10(3-7-15)8-12-9-11-13-4-5-14-11/h4-5,10,12H,2-3,6-9H2,1H3,(H,13,14). The van der Waals surface area contributed by atoms with Crippen LogP contribution < -0.4 is 5.32 Å². The Morgan fingerprint density at radius 3 is 2.78 bits per heavy atom. The monoisotopic (exact) mass is 272 g/mol. The van der Waals surface area contributed by atoms with Gasteiger partial charge in [0, 0.05) is 25.5 Å². The van der Waals surface area contributed by atoms with Crippen molar-refractivity contribution >= 4 is 10.0 Å². The predicted octanol–water partition coefficient (Wildman–Crippen LogP) is 0.171. The van der Waals surface area contributed by atoms with E-state index in [0.717, 1.165) is 31.8 Å². The van der Waals surface area contributed by atoms with E-state index in [2.05, 4.69) is 15.3 Å². The van der Waals surface area contributed by atoms with Crippen molar-refractivity contribution in [3.8, 4) is 0 Å². The summed E-state index contributed by atoms with van der Waals surface area (Å²) in [5.74, 6) is 1.49. The Kier molecular flexibility index (Phi) is 4.36. The highest BCUT2D eigenvalue weighted by Gasteiger charge is 2.24. The van der Waals surface area contributed by atoms with Crippen molar-refractivity contribution in [2.24, 2.45) is 5.92 Å². The van der Waals surface area contributed by atoms with Gasteiger partial charge in [-0.2, -0.15) is 0 Å². The molecule has 1 aliphatic heterocycles. The van der Waals surface area contributed by atoms with Crippen molar-refractivity contribution in [1.29, 1.82) is 0 Å². The summed E-state index contributed by atoms with van der Waals surface area (Å²) < 4.78 is 24.3. The molecule has 1 aromatic heterocycles. The summed E-state index contributed by atoms with van der Waals surface area (Å²) in [6.07, 6.45) is 6.68. The molecule has 7 heteroatoms. The van der Waals surface area contributed by atoms with Gasteiger partial charge in [0.1, 0.15) is 5.82 Å². The van der Waals surface area contributed by atoms with Crippen molar-refractivity contribution in [3.63, 3.8) is 0 Å². The lowest BCUT2D eigenvalue weighted by atomic mass is 9.98. The van der Waals surface area contributed by atoms with Crippen LogP contribution >= 0.6 is 0 Å². The second kappa shape index (κ2) is 5.81. The van der Waals surface area contributed by atoms with E-state index >= 15 is 0 Å². The molecule has 0 amide bonds. The van der Waals surface area contributed by atoms with Crippen LogP contribution in [0.15, 0.2) is 12.4 Å². The topological polar surface area (TPSA) is 78.1 Å². The molecule has 2 rings (SSSR count). The zero-order chi connectivity index (χ0) is 13.0. The molecule has 2 N–H and O–H groups in total. The average Bonchev–Trinajstić information content (AvgIpc) is 2.82. The van der Waals surface area contributed by atoms with Crippen LogP contribution in [-0.2, 0) is 16.6 Å². The Labute approximate surface area is 108 Å². The molecule has 0 atom stereocenters. The summed E-state index contributed by atoms with van der Waals surface area (Å²) in [7, 11) is -3.01. The van der Waals surface area contributed by atoms with E-state index in [1.807, 2.05) is 6.20 Å².